The average Bonchev–Trinajstić information content (AvgIpc) is 3.22. The third-order valence-electron chi connectivity index (χ3n) is 8.22. The molecule has 4 heteroatoms. The fourth-order valence-corrected chi connectivity index (χ4v) is 32.1. The molecule has 0 spiro atoms. The van der Waals surface area contributed by atoms with Crippen LogP contribution in [0, 0.1) is 0 Å². The first-order valence-corrected chi connectivity index (χ1v) is 22.0. The van der Waals surface area contributed by atoms with Gasteiger partial charge in [-0.15, -0.1) is 24.8 Å². The Labute approximate surface area is 191 Å². The van der Waals surface area contributed by atoms with E-state index < -0.39 is 17.4 Å². The standard InChI is InChI=1S/C10H9.C9H7.2C3H7.2ClH.H2Si.Zr/c1-8-6-9-4-2-3-5-10(9)7-8;1-2-5-9-7-3-6-8(9)4-1;2*1-3-2;;;;/h2-7H,1H3;1-7H;2*3H,1-2H3;2*1H;1H2;. The van der Waals surface area contributed by atoms with Crippen LogP contribution in [0.25, 0.3) is 12.2 Å². The predicted octanol–water partition coefficient (Wildman–Crippen LogP) is 7.65. The summed E-state index contributed by atoms with van der Waals surface area (Å²) in [7, 11) is 0. The zero-order valence-electron chi connectivity index (χ0n) is 18.2. The van der Waals surface area contributed by atoms with Crippen LogP contribution in [0.3, 0.4) is 0 Å². The molecule has 156 valence electrons. The maximum Gasteiger partial charge on any atom is -0.147 e. The minimum Gasteiger partial charge on any atom is -0.147 e. The van der Waals surface area contributed by atoms with E-state index >= 15 is 0 Å². The van der Waals surface area contributed by atoms with Crippen LogP contribution in [0.2, 0.25) is 7.25 Å². The van der Waals surface area contributed by atoms with Crippen molar-refractivity contribution in [3.63, 3.8) is 0 Å². The number of fused-ring (bicyclic) bond motifs is 2. The van der Waals surface area contributed by atoms with Crippen molar-refractivity contribution in [3.05, 3.63) is 82.4 Å². The van der Waals surface area contributed by atoms with Gasteiger partial charge in [0.1, 0.15) is 0 Å². The Hall–Kier alpha value is -0.400. The van der Waals surface area contributed by atoms with Gasteiger partial charge in [-0.2, -0.15) is 0 Å². The summed E-state index contributed by atoms with van der Waals surface area (Å²) in [6.07, 6.45) is 7.49. The van der Waals surface area contributed by atoms with Gasteiger partial charge >= 0.3 is 168 Å². The molecule has 29 heavy (non-hydrogen) atoms. The summed E-state index contributed by atoms with van der Waals surface area (Å²) in [5, 5.41) is 0. The molecule has 0 N–H and O–H groups in total. The molecule has 2 atom stereocenters. The Bertz CT molecular complexity index is 1020. The molecule has 2 aliphatic carbocycles. The minimum atomic E-state index is -3.49. The van der Waals surface area contributed by atoms with Crippen LogP contribution in [-0.4, -0.2) is 6.88 Å². The molecule has 0 amide bonds. The first-order chi connectivity index (χ1) is 12.8. The fraction of sp³-hybridized carbons (Fsp3) is 0.360. The van der Waals surface area contributed by atoms with Crippen LogP contribution in [0.5, 0.6) is 0 Å². The van der Waals surface area contributed by atoms with E-state index in [2.05, 4.69) is 108 Å². The van der Waals surface area contributed by atoms with Gasteiger partial charge in [-0.3, -0.25) is 0 Å². The number of hydrogen-bond donors (Lipinski definition) is 0. The number of benzene rings is 2. The average molecular weight is 525 g/mol. The second kappa shape index (κ2) is 8.62. The Morgan fingerprint density at radius 2 is 1.31 bits per heavy atom. The molecule has 0 radical (unpaired) electrons. The Morgan fingerprint density at radius 1 is 0.793 bits per heavy atom. The molecule has 0 saturated carbocycles. The summed E-state index contributed by atoms with van der Waals surface area (Å²) in [4.78, 5) is 0. The zero-order valence-corrected chi connectivity index (χ0v) is 23.7. The molecular weight excluding hydrogens is 490 g/mol. The number of halogens is 2. The molecule has 2 unspecified atom stereocenters. The summed E-state index contributed by atoms with van der Waals surface area (Å²) in [5.74, 6) is 0. The van der Waals surface area contributed by atoms with Gasteiger partial charge in [0.05, 0.1) is 0 Å². The van der Waals surface area contributed by atoms with Gasteiger partial charge in [-0.1, -0.05) is 0 Å². The zero-order chi connectivity index (χ0) is 19.4. The van der Waals surface area contributed by atoms with Crippen LogP contribution in [0.15, 0.2) is 60.2 Å². The Morgan fingerprint density at radius 3 is 1.90 bits per heavy atom. The number of rotatable bonds is 4. The van der Waals surface area contributed by atoms with Crippen LogP contribution >= 0.6 is 24.8 Å². The summed E-state index contributed by atoms with van der Waals surface area (Å²) < 4.78 is 2.75. The number of hydrogen-bond acceptors (Lipinski definition) is 0. The molecule has 2 aromatic rings. The maximum absolute atomic E-state index is 3.49. The predicted molar refractivity (Wildman–Crippen MR) is 134 cm³/mol. The second-order valence-electron chi connectivity index (χ2n) is 9.54. The van der Waals surface area contributed by atoms with E-state index in [-0.39, 0.29) is 24.8 Å². The minimum absolute atomic E-state index is 0. The van der Waals surface area contributed by atoms with Gasteiger partial charge in [-0.25, -0.2) is 0 Å². The molecule has 0 heterocycles. The summed E-state index contributed by atoms with van der Waals surface area (Å²) in [6, 6.07) is 18.3. The largest absolute Gasteiger partial charge is 0.147 e. The van der Waals surface area contributed by atoms with Gasteiger partial charge in [0, 0.05) is 0 Å². The van der Waals surface area contributed by atoms with E-state index in [0.717, 1.165) is 7.25 Å². The molecule has 0 fully saturated rings. The van der Waals surface area contributed by atoms with E-state index in [1.165, 1.54) is 11.1 Å². The van der Waals surface area contributed by atoms with Crippen molar-refractivity contribution in [2.75, 3.05) is 0 Å². The maximum atomic E-state index is 2.59. The monoisotopic (exact) mass is 522 g/mol. The number of allylic oxidation sites excluding steroid dienone is 2. The van der Waals surface area contributed by atoms with E-state index in [0.29, 0.717) is 7.25 Å². The fourth-order valence-electron chi connectivity index (χ4n) is 6.51. The molecule has 0 aliphatic heterocycles. The van der Waals surface area contributed by atoms with Crippen molar-refractivity contribution in [1.29, 1.82) is 0 Å². The van der Waals surface area contributed by atoms with E-state index in [1.807, 2.05) is 0 Å². The molecule has 4 rings (SSSR count). The summed E-state index contributed by atoms with van der Waals surface area (Å²) >= 11 is -3.49. The second-order valence-corrected chi connectivity index (χ2v) is 36.8. The van der Waals surface area contributed by atoms with Crippen molar-refractivity contribution in [1.82, 2.24) is 0 Å². The third kappa shape index (κ3) is 3.25. The topological polar surface area (TPSA) is 0 Å². The van der Waals surface area contributed by atoms with Gasteiger partial charge in [0.2, 0.25) is 0 Å². The van der Waals surface area contributed by atoms with Crippen LogP contribution < -0.4 is 0 Å². The van der Waals surface area contributed by atoms with Gasteiger partial charge in [0.25, 0.3) is 0 Å². The van der Waals surface area contributed by atoms with Crippen LogP contribution in [0.1, 0.15) is 64.1 Å². The van der Waals surface area contributed by atoms with Crippen molar-refractivity contribution in [3.8, 4) is 0 Å². The van der Waals surface area contributed by atoms with E-state index in [9.17, 15) is 0 Å². The molecule has 2 aliphatic rings. The molecule has 0 bridgehead atoms. The first kappa shape index (κ1) is 24.9. The normalized spacial score (nSPS) is 20.1. The van der Waals surface area contributed by atoms with Crippen molar-refractivity contribution >= 4 is 43.8 Å². The van der Waals surface area contributed by atoms with Crippen molar-refractivity contribution in [2.24, 2.45) is 0 Å². The molecule has 0 aromatic heterocycles. The third-order valence-corrected chi connectivity index (χ3v) is 47.1. The Balaban J connectivity index is 0.00000150. The van der Waals surface area contributed by atoms with Crippen molar-refractivity contribution in [2.45, 2.75) is 49.1 Å². The molecular formula is C25H34Cl2SiZr. The van der Waals surface area contributed by atoms with Crippen LogP contribution in [-0.2, 0) is 17.4 Å². The summed E-state index contributed by atoms with van der Waals surface area (Å²) in [5.41, 5.74) is 7.72. The van der Waals surface area contributed by atoms with E-state index in [4.69, 9.17) is 0 Å². The quantitative estimate of drug-likeness (QED) is 0.360. The Kier molecular flexibility index (Phi) is 7.39. The van der Waals surface area contributed by atoms with Gasteiger partial charge < -0.3 is 0 Å². The first-order valence-electron chi connectivity index (χ1n) is 10.4. The SMILES string of the molecule is CC1=Cc2ccccc2[CH]1[Zr](=[SiH2])([CH](C)C)([CH](C)C)[CH]1C=Cc2ccccc21.Cl.Cl. The smallest absolute Gasteiger partial charge is 0.147 e. The molecule has 0 nitrogen and oxygen atoms in total. The molecule has 0 saturated heterocycles. The van der Waals surface area contributed by atoms with Crippen molar-refractivity contribution < 1.29 is 17.4 Å². The van der Waals surface area contributed by atoms with E-state index in [1.54, 1.807) is 16.7 Å². The summed E-state index contributed by atoms with van der Waals surface area (Å²) in [6.45, 7) is 15.1. The molecule has 2 aromatic carbocycles. The van der Waals surface area contributed by atoms with Gasteiger partial charge in [0.15, 0.2) is 0 Å². The van der Waals surface area contributed by atoms with Crippen LogP contribution in [0.4, 0.5) is 0 Å². The van der Waals surface area contributed by atoms with Gasteiger partial charge in [-0.05, 0) is 0 Å².